The molecule has 0 bridgehead atoms. The number of ketones is 1. The van der Waals surface area contributed by atoms with Crippen LogP contribution in [0.25, 0.3) is 5.76 Å². The van der Waals surface area contributed by atoms with Crippen LogP contribution in [0.3, 0.4) is 0 Å². The second-order valence-electron chi connectivity index (χ2n) is 6.66. The van der Waals surface area contributed by atoms with Gasteiger partial charge >= 0.3 is 0 Å². The molecule has 1 N–H and O–H groups in total. The smallest absolute Gasteiger partial charge is 0.295 e. The van der Waals surface area contributed by atoms with Crippen LogP contribution >= 0.6 is 11.3 Å². The number of amides is 1. The Morgan fingerprint density at radius 2 is 2.07 bits per heavy atom. The molecule has 0 saturated carbocycles. The number of thiophene rings is 1. The summed E-state index contributed by atoms with van der Waals surface area (Å²) < 4.78 is 19.0. The maximum Gasteiger partial charge on any atom is 0.295 e. The highest BCUT2D eigenvalue weighted by Gasteiger charge is 2.46. The van der Waals surface area contributed by atoms with E-state index in [0.29, 0.717) is 13.1 Å². The van der Waals surface area contributed by atoms with Gasteiger partial charge in [0.1, 0.15) is 5.76 Å². The fourth-order valence-corrected chi connectivity index (χ4v) is 3.98. The molecule has 6 nitrogen and oxygen atoms in total. The van der Waals surface area contributed by atoms with Gasteiger partial charge in [0, 0.05) is 23.5 Å². The van der Waals surface area contributed by atoms with Crippen LogP contribution in [0.2, 0.25) is 0 Å². The van der Waals surface area contributed by atoms with Crippen LogP contribution in [0.1, 0.15) is 16.5 Å². The summed E-state index contributed by atoms with van der Waals surface area (Å²) in [6.45, 7) is 0.889. The van der Waals surface area contributed by atoms with Crippen LogP contribution in [0.4, 0.5) is 4.39 Å². The molecule has 1 fully saturated rings. The number of ether oxygens (including phenoxy) is 1. The van der Waals surface area contributed by atoms with Crippen molar-refractivity contribution < 1.29 is 23.8 Å². The van der Waals surface area contributed by atoms with Gasteiger partial charge in [0.25, 0.3) is 11.7 Å². The standard InChI is InChI=1S/C20H21FN2O4S/c1-22(2)8-9-23-17(15-5-4-10-28-15)16(19(25)20(23)26)18(24)12-6-7-14(27-3)13(21)11-12/h4-7,10-11,17,24H,8-9H2,1-3H3/t17-/m1/s1. The summed E-state index contributed by atoms with van der Waals surface area (Å²) in [5.41, 5.74) is 0.0845. The van der Waals surface area contributed by atoms with Gasteiger partial charge in [0.15, 0.2) is 11.6 Å². The minimum absolute atomic E-state index is 0.0257. The van der Waals surface area contributed by atoms with Crippen LogP contribution in [0.5, 0.6) is 5.75 Å². The molecule has 0 spiro atoms. The molecule has 1 amide bonds. The summed E-state index contributed by atoms with van der Waals surface area (Å²) in [6, 6.07) is 6.84. The van der Waals surface area contributed by atoms with Gasteiger partial charge in [-0.25, -0.2) is 4.39 Å². The topological polar surface area (TPSA) is 70.1 Å². The third kappa shape index (κ3) is 3.65. The normalized spacial score (nSPS) is 18.9. The molecule has 0 aliphatic carbocycles. The van der Waals surface area contributed by atoms with Crippen molar-refractivity contribution in [1.82, 2.24) is 9.80 Å². The maximum atomic E-state index is 14.1. The lowest BCUT2D eigenvalue weighted by Crippen LogP contribution is -2.35. The number of halogens is 1. The fraction of sp³-hybridized carbons (Fsp3) is 0.300. The summed E-state index contributed by atoms with van der Waals surface area (Å²) in [6.07, 6.45) is 0. The predicted octanol–water partition coefficient (Wildman–Crippen LogP) is 2.88. The van der Waals surface area contributed by atoms with E-state index in [1.54, 1.807) is 0 Å². The van der Waals surface area contributed by atoms with E-state index in [2.05, 4.69) is 0 Å². The minimum Gasteiger partial charge on any atom is -0.507 e. The first-order valence-electron chi connectivity index (χ1n) is 8.65. The first kappa shape index (κ1) is 20.0. The van der Waals surface area contributed by atoms with Crippen molar-refractivity contribution in [3.8, 4) is 5.75 Å². The van der Waals surface area contributed by atoms with E-state index in [9.17, 15) is 19.1 Å². The van der Waals surface area contributed by atoms with E-state index in [-0.39, 0.29) is 16.9 Å². The molecule has 8 heteroatoms. The lowest BCUT2D eigenvalue weighted by Gasteiger charge is -2.25. The molecule has 0 unspecified atom stereocenters. The number of methoxy groups -OCH3 is 1. The number of likely N-dealkylation sites (N-methyl/N-ethyl adjacent to an activating group) is 1. The van der Waals surface area contributed by atoms with Gasteiger partial charge in [-0.15, -0.1) is 11.3 Å². The molecule has 2 aromatic rings. The highest BCUT2D eigenvalue weighted by atomic mass is 32.1. The lowest BCUT2D eigenvalue weighted by atomic mass is 9.99. The molecular formula is C20H21FN2O4S. The van der Waals surface area contributed by atoms with E-state index in [4.69, 9.17) is 4.74 Å². The highest BCUT2D eigenvalue weighted by molar-refractivity contribution is 7.10. The van der Waals surface area contributed by atoms with Gasteiger partial charge in [-0.2, -0.15) is 0 Å². The van der Waals surface area contributed by atoms with Gasteiger partial charge < -0.3 is 19.6 Å². The van der Waals surface area contributed by atoms with E-state index < -0.39 is 29.3 Å². The second-order valence-corrected chi connectivity index (χ2v) is 7.64. The molecule has 148 valence electrons. The second kappa shape index (κ2) is 8.12. The van der Waals surface area contributed by atoms with Gasteiger partial charge in [-0.1, -0.05) is 6.07 Å². The summed E-state index contributed by atoms with van der Waals surface area (Å²) in [7, 11) is 5.08. The zero-order valence-corrected chi connectivity index (χ0v) is 16.6. The number of aliphatic hydroxyl groups is 1. The number of carbonyl (C=O) groups excluding carboxylic acids is 2. The summed E-state index contributed by atoms with van der Waals surface area (Å²) in [5.74, 6) is -2.48. The average Bonchev–Trinajstić information content (AvgIpc) is 3.27. The first-order chi connectivity index (χ1) is 13.3. The van der Waals surface area contributed by atoms with Crippen molar-refractivity contribution >= 4 is 28.8 Å². The number of hydrogen-bond donors (Lipinski definition) is 1. The molecule has 1 aliphatic rings. The molecule has 1 aliphatic heterocycles. The van der Waals surface area contributed by atoms with Crippen molar-refractivity contribution in [3.63, 3.8) is 0 Å². The first-order valence-corrected chi connectivity index (χ1v) is 9.53. The Morgan fingerprint density at radius 1 is 1.32 bits per heavy atom. The molecule has 28 heavy (non-hydrogen) atoms. The number of Topliss-reactive ketones (excluding diaryl/α,β-unsaturated/α-hetero) is 1. The highest BCUT2D eigenvalue weighted by Crippen LogP contribution is 2.41. The number of benzene rings is 1. The molecule has 3 rings (SSSR count). The number of nitrogens with zero attached hydrogens (tertiary/aromatic N) is 2. The number of likely N-dealkylation sites (tertiary alicyclic amines) is 1. The van der Waals surface area contributed by atoms with E-state index in [0.717, 1.165) is 10.9 Å². The Balaban J connectivity index is 2.10. The zero-order valence-electron chi connectivity index (χ0n) is 15.8. The molecule has 1 atom stereocenters. The third-order valence-electron chi connectivity index (χ3n) is 4.57. The summed E-state index contributed by atoms with van der Waals surface area (Å²) >= 11 is 1.39. The number of carbonyl (C=O) groups is 2. The molecule has 2 heterocycles. The summed E-state index contributed by atoms with van der Waals surface area (Å²) in [4.78, 5) is 29.5. The minimum atomic E-state index is -0.772. The Kier molecular flexibility index (Phi) is 5.81. The van der Waals surface area contributed by atoms with Crippen LogP contribution in [0, 0.1) is 5.82 Å². The Bertz CT molecular complexity index is 924. The van der Waals surface area contributed by atoms with Gasteiger partial charge in [0.2, 0.25) is 0 Å². The Hall–Kier alpha value is -2.71. The predicted molar refractivity (Wildman–Crippen MR) is 105 cm³/mol. The van der Waals surface area contributed by atoms with Crippen LogP contribution in [-0.4, -0.2) is 60.9 Å². The van der Waals surface area contributed by atoms with Crippen LogP contribution in [0.15, 0.2) is 41.3 Å². The largest absolute Gasteiger partial charge is 0.507 e. The van der Waals surface area contributed by atoms with E-state index in [1.165, 1.54) is 35.5 Å². The zero-order chi connectivity index (χ0) is 20.4. The maximum absolute atomic E-state index is 14.1. The number of hydrogen-bond acceptors (Lipinski definition) is 6. The monoisotopic (exact) mass is 404 g/mol. The SMILES string of the molecule is COc1ccc(C(O)=C2C(=O)C(=O)N(CCN(C)C)[C@@H]2c2cccs2)cc1F. The van der Waals surface area contributed by atoms with Crippen molar-refractivity contribution in [2.24, 2.45) is 0 Å². The van der Waals surface area contributed by atoms with Crippen molar-refractivity contribution in [3.05, 3.63) is 57.5 Å². The van der Waals surface area contributed by atoms with Crippen molar-refractivity contribution in [1.29, 1.82) is 0 Å². The Morgan fingerprint density at radius 3 is 2.64 bits per heavy atom. The molecule has 0 radical (unpaired) electrons. The molecular weight excluding hydrogens is 383 g/mol. The quantitative estimate of drug-likeness (QED) is 0.456. The third-order valence-corrected chi connectivity index (χ3v) is 5.49. The summed E-state index contributed by atoms with van der Waals surface area (Å²) in [5, 5.41) is 12.7. The van der Waals surface area contributed by atoms with E-state index >= 15 is 0 Å². The van der Waals surface area contributed by atoms with Crippen LogP contribution < -0.4 is 4.74 Å². The Labute approximate surface area is 166 Å². The van der Waals surface area contributed by atoms with Gasteiger partial charge in [-0.3, -0.25) is 9.59 Å². The number of rotatable bonds is 6. The van der Waals surface area contributed by atoms with E-state index in [1.807, 2.05) is 36.5 Å². The molecule has 1 aromatic heterocycles. The fourth-order valence-electron chi connectivity index (χ4n) is 3.13. The van der Waals surface area contributed by atoms with Gasteiger partial charge in [0.05, 0.1) is 18.7 Å². The number of aliphatic hydroxyl groups excluding tert-OH is 1. The van der Waals surface area contributed by atoms with Crippen molar-refractivity contribution in [2.45, 2.75) is 6.04 Å². The molecule has 1 aromatic carbocycles. The van der Waals surface area contributed by atoms with Gasteiger partial charge in [-0.05, 0) is 43.7 Å². The van der Waals surface area contributed by atoms with Crippen LogP contribution in [-0.2, 0) is 9.59 Å². The van der Waals surface area contributed by atoms with Crippen molar-refractivity contribution in [2.75, 3.05) is 34.3 Å². The lowest BCUT2D eigenvalue weighted by molar-refractivity contribution is -0.140. The molecule has 1 saturated heterocycles. The average molecular weight is 404 g/mol.